The summed E-state index contributed by atoms with van der Waals surface area (Å²) in [5.41, 5.74) is 5.60. The normalized spacial score (nSPS) is 27.8. The Morgan fingerprint density at radius 1 is 1.15 bits per heavy atom. The lowest BCUT2D eigenvalue weighted by atomic mass is 9.59. The first-order valence-electron chi connectivity index (χ1n) is 9.71. The third-order valence-corrected chi connectivity index (χ3v) is 6.95. The van der Waals surface area contributed by atoms with E-state index in [0.29, 0.717) is 17.7 Å². The SMILES string of the molecule is C[C@@H]1[C@@H]2Cc3ccc(O)cc3[C@@]1(C)CCN2Cc1ccc(N(C)C)cc1. The molecule has 2 bridgehead atoms. The van der Waals surface area contributed by atoms with Crippen LogP contribution in [-0.2, 0) is 18.4 Å². The number of nitrogens with zero attached hydrogens (tertiary/aromatic N) is 2. The fraction of sp³-hybridized carbons (Fsp3) is 0.478. The molecule has 3 nitrogen and oxygen atoms in total. The van der Waals surface area contributed by atoms with Gasteiger partial charge in [0.25, 0.3) is 0 Å². The van der Waals surface area contributed by atoms with Gasteiger partial charge in [-0.05, 0) is 71.7 Å². The Morgan fingerprint density at radius 3 is 2.58 bits per heavy atom. The lowest BCUT2D eigenvalue weighted by Gasteiger charge is -2.54. The first-order valence-corrected chi connectivity index (χ1v) is 9.71. The highest BCUT2D eigenvalue weighted by Crippen LogP contribution is 2.49. The molecule has 1 fully saturated rings. The zero-order valence-electron chi connectivity index (χ0n) is 16.4. The first kappa shape index (κ1) is 17.4. The minimum atomic E-state index is 0.169. The van der Waals surface area contributed by atoms with Gasteiger partial charge in [0, 0.05) is 32.4 Å². The number of anilines is 1. The summed E-state index contributed by atoms with van der Waals surface area (Å²) < 4.78 is 0. The van der Waals surface area contributed by atoms with Gasteiger partial charge < -0.3 is 10.0 Å². The molecule has 0 saturated carbocycles. The highest BCUT2D eigenvalue weighted by molar-refractivity contribution is 5.46. The van der Waals surface area contributed by atoms with Crippen LogP contribution in [0, 0.1) is 5.92 Å². The summed E-state index contributed by atoms with van der Waals surface area (Å²) in [4.78, 5) is 4.82. The molecule has 0 amide bonds. The van der Waals surface area contributed by atoms with Gasteiger partial charge in [0.15, 0.2) is 0 Å². The van der Waals surface area contributed by atoms with Crippen molar-refractivity contribution in [3.05, 3.63) is 59.2 Å². The van der Waals surface area contributed by atoms with Crippen LogP contribution in [0.25, 0.3) is 0 Å². The predicted octanol–water partition coefficient (Wildman–Crippen LogP) is 4.18. The molecule has 2 aliphatic rings. The second-order valence-corrected chi connectivity index (χ2v) is 8.60. The van der Waals surface area contributed by atoms with E-state index >= 15 is 0 Å². The fourth-order valence-electron chi connectivity index (χ4n) is 5.03. The van der Waals surface area contributed by atoms with E-state index in [-0.39, 0.29) is 5.41 Å². The Labute approximate surface area is 157 Å². The average molecular weight is 351 g/mol. The molecule has 3 heteroatoms. The Kier molecular flexibility index (Phi) is 4.23. The first-order chi connectivity index (χ1) is 12.4. The number of piperidine rings is 1. The van der Waals surface area contributed by atoms with Gasteiger partial charge in [0.1, 0.15) is 5.75 Å². The Hall–Kier alpha value is -2.00. The van der Waals surface area contributed by atoms with Gasteiger partial charge in [-0.15, -0.1) is 0 Å². The maximum atomic E-state index is 9.98. The molecule has 1 N–H and O–H groups in total. The monoisotopic (exact) mass is 350 g/mol. The highest BCUT2D eigenvalue weighted by atomic mass is 16.3. The van der Waals surface area contributed by atoms with E-state index in [9.17, 15) is 5.11 Å². The van der Waals surface area contributed by atoms with Crippen LogP contribution in [0.3, 0.4) is 0 Å². The van der Waals surface area contributed by atoms with Gasteiger partial charge in [-0.2, -0.15) is 0 Å². The van der Waals surface area contributed by atoms with Crippen molar-refractivity contribution in [2.75, 3.05) is 25.5 Å². The standard InChI is InChI=1S/C23H30N2O/c1-16-22-13-18-7-10-20(26)14-21(18)23(16,2)11-12-25(22)15-17-5-8-19(9-6-17)24(3)4/h5-10,14,16,22,26H,11-13,15H2,1-4H3/t16-,22+,23+/m1/s1. The number of aromatic hydroxyl groups is 1. The number of phenols is 1. The number of likely N-dealkylation sites (tertiary alicyclic amines) is 1. The van der Waals surface area contributed by atoms with Crippen LogP contribution in [0.1, 0.15) is 37.0 Å². The molecule has 3 atom stereocenters. The molecule has 0 unspecified atom stereocenters. The third kappa shape index (κ3) is 2.79. The largest absolute Gasteiger partial charge is 0.508 e. The summed E-state index contributed by atoms with van der Waals surface area (Å²) in [5.74, 6) is 0.991. The number of benzene rings is 2. The van der Waals surface area contributed by atoms with Crippen molar-refractivity contribution in [3.8, 4) is 5.75 Å². The molecule has 2 aromatic rings. The van der Waals surface area contributed by atoms with Crippen LogP contribution >= 0.6 is 0 Å². The second kappa shape index (κ2) is 6.31. The number of hydrogen-bond acceptors (Lipinski definition) is 3. The molecule has 0 aromatic heterocycles. The van der Waals surface area contributed by atoms with Crippen molar-refractivity contribution in [2.24, 2.45) is 5.92 Å². The lowest BCUT2D eigenvalue weighted by molar-refractivity contribution is 0.0258. The van der Waals surface area contributed by atoms with E-state index < -0.39 is 0 Å². The molecule has 26 heavy (non-hydrogen) atoms. The molecule has 2 aromatic carbocycles. The van der Waals surface area contributed by atoms with Gasteiger partial charge in [0.2, 0.25) is 0 Å². The topological polar surface area (TPSA) is 26.7 Å². The summed E-state index contributed by atoms with van der Waals surface area (Å²) in [6.45, 7) is 6.94. The predicted molar refractivity (Wildman–Crippen MR) is 108 cm³/mol. The van der Waals surface area contributed by atoms with Crippen LogP contribution in [0.15, 0.2) is 42.5 Å². The van der Waals surface area contributed by atoms with Gasteiger partial charge in [-0.3, -0.25) is 4.90 Å². The number of rotatable bonds is 3. The summed E-state index contributed by atoms with van der Waals surface area (Å²) >= 11 is 0. The molecular formula is C23H30N2O. The molecule has 0 radical (unpaired) electrons. The van der Waals surface area contributed by atoms with Crippen LogP contribution in [-0.4, -0.2) is 36.7 Å². The van der Waals surface area contributed by atoms with E-state index in [1.54, 1.807) is 0 Å². The number of fused-ring (bicyclic) bond motifs is 4. The van der Waals surface area contributed by atoms with Crippen molar-refractivity contribution in [1.82, 2.24) is 4.90 Å². The van der Waals surface area contributed by atoms with Crippen LogP contribution in [0.4, 0.5) is 5.69 Å². The summed E-state index contributed by atoms with van der Waals surface area (Å²) in [6, 6.07) is 15.5. The number of hydrogen-bond donors (Lipinski definition) is 1. The van der Waals surface area contributed by atoms with Crippen LogP contribution in [0.5, 0.6) is 5.75 Å². The fourth-order valence-corrected chi connectivity index (χ4v) is 5.03. The van der Waals surface area contributed by atoms with Gasteiger partial charge >= 0.3 is 0 Å². The van der Waals surface area contributed by atoms with Crippen molar-refractivity contribution < 1.29 is 5.11 Å². The number of phenolic OH excluding ortho intramolecular Hbond substituents is 1. The second-order valence-electron chi connectivity index (χ2n) is 8.60. The molecule has 1 heterocycles. The molecule has 1 aliphatic carbocycles. The van der Waals surface area contributed by atoms with Crippen LogP contribution < -0.4 is 4.90 Å². The minimum absolute atomic E-state index is 0.169. The quantitative estimate of drug-likeness (QED) is 0.899. The molecule has 0 spiro atoms. The summed E-state index contributed by atoms with van der Waals surface area (Å²) in [5, 5.41) is 9.98. The smallest absolute Gasteiger partial charge is 0.115 e. The van der Waals surface area contributed by atoms with Crippen molar-refractivity contribution in [1.29, 1.82) is 0 Å². The van der Waals surface area contributed by atoms with Gasteiger partial charge in [-0.1, -0.05) is 32.0 Å². The van der Waals surface area contributed by atoms with Gasteiger partial charge in [-0.25, -0.2) is 0 Å². The third-order valence-electron chi connectivity index (χ3n) is 6.95. The molecule has 4 rings (SSSR count). The zero-order valence-corrected chi connectivity index (χ0v) is 16.4. The lowest BCUT2D eigenvalue weighted by Crippen LogP contribution is -2.57. The maximum absolute atomic E-state index is 9.98. The molecular weight excluding hydrogens is 320 g/mol. The van der Waals surface area contributed by atoms with E-state index in [1.165, 1.54) is 22.4 Å². The van der Waals surface area contributed by atoms with E-state index in [4.69, 9.17) is 0 Å². The maximum Gasteiger partial charge on any atom is 0.115 e. The molecule has 1 aliphatic heterocycles. The van der Waals surface area contributed by atoms with E-state index in [1.807, 2.05) is 12.1 Å². The van der Waals surface area contributed by atoms with Crippen molar-refractivity contribution in [3.63, 3.8) is 0 Å². The minimum Gasteiger partial charge on any atom is -0.508 e. The summed E-state index contributed by atoms with van der Waals surface area (Å²) in [6.07, 6.45) is 2.24. The Balaban J connectivity index is 1.59. The summed E-state index contributed by atoms with van der Waals surface area (Å²) in [7, 11) is 4.17. The van der Waals surface area contributed by atoms with Gasteiger partial charge in [0.05, 0.1) is 0 Å². The Bertz CT molecular complexity index is 798. The Morgan fingerprint density at radius 2 is 1.88 bits per heavy atom. The highest BCUT2D eigenvalue weighted by Gasteiger charge is 2.48. The zero-order chi connectivity index (χ0) is 18.5. The van der Waals surface area contributed by atoms with Crippen molar-refractivity contribution in [2.45, 2.75) is 44.7 Å². The van der Waals surface area contributed by atoms with Crippen molar-refractivity contribution >= 4 is 5.69 Å². The van der Waals surface area contributed by atoms with E-state index in [0.717, 1.165) is 25.9 Å². The van der Waals surface area contributed by atoms with E-state index in [2.05, 4.69) is 68.1 Å². The molecule has 1 saturated heterocycles. The average Bonchev–Trinajstić information content (AvgIpc) is 2.62. The van der Waals surface area contributed by atoms with Crippen LogP contribution in [0.2, 0.25) is 0 Å². The molecule has 138 valence electrons.